The third kappa shape index (κ3) is 4.95. The van der Waals surface area contributed by atoms with Gasteiger partial charge < -0.3 is 20.4 Å². The minimum absolute atomic E-state index is 0.0696. The molecule has 0 fully saturated rings. The van der Waals surface area contributed by atoms with Crippen molar-refractivity contribution in [3.8, 4) is 0 Å². The van der Waals surface area contributed by atoms with E-state index in [2.05, 4.69) is 15.6 Å². The first-order chi connectivity index (χ1) is 9.23. The summed E-state index contributed by atoms with van der Waals surface area (Å²) in [5.41, 5.74) is 1.25. The maximum atomic E-state index is 11.9. The number of amides is 1. The summed E-state index contributed by atoms with van der Waals surface area (Å²) in [4.78, 5) is 26.2. The Morgan fingerprint density at radius 1 is 1.40 bits per heavy atom. The van der Waals surface area contributed by atoms with Crippen LogP contribution >= 0.6 is 0 Å². The van der Waals surface area contributed by atoms with Gasteiger partial charge >= 0.3 is 6.09 Å². The van der Waals surface area contributed by atoms with Gasteiger partial charge in [-0.2, -0.15) is 0 Å². The molecule has 0 spiro atoms. The smallest absolute Gasteiger partial charge is 0.407 e. The second kappa shape index (κ2) is 6.45. The number of aromatic nitrogens is 1. The quantitative estimate of drug-likeness (QED) is 0.789. The van der Waals surface area contributed by atoms with Gasteiger partial charge in [0.15, 0.2) is 0 Å². The number of ether oxygens (including phenoxy) is 1. The monoisotopic (exact) mass is 281 g/mol. The third-order valence-corrected chi connectivity index (χ3v) is 2.46. The van der Waals surface area contributed by atoms with Crippen molar-refractivity contribution in [2.45, 2.75) is 46.8 Å². The normalized spacial score (nSPS) is 11.1. The molecule has 1 aromatic heterocycles. The van der Waals surface area contributed by atoms with Crippen LogP contribution in [0.3, 0.4) is 0 Å². The van der Waals surface area contributed by atoms with E-state index in [1.165, 1.54) is 0 Å². The largest absolute Gasteiger partial charge is 0.444 e. The summed E-state index contributed by atoms with van der Waals surface area (Å²) in [5, 5.41) is 5.78. The number of aryl methyl sites for hydroxylation is 1. The predicted molar refractivity (Wildman–Crippen MR) is 79.0 cm³/mol. The van der Waals surface area contributed by atoms with Crippen molar-refractivity contribution in [2.24, 2.45) is 0 Å². The van der Waals surface area contributed by atoms with Crippen molar-refractivity contribution in [3.63, 3.8) is 0 Å². The molecule has 1 aromatic rings. The average Bonchev–Trinajstić information content (AvgIpc) is 2.25. The Morgan fingerprint density at radius 3 is 2.60 bits per heavy atom. The van der Waals surface area contributed by atoms with E-state index in [0.717, 1.165) is 5.69 Å². The van der Waals surface area contributed by atoms with E-state index in [-0.39, 0.29) is 17.7 Å². The number of carbonyl (C=O) groups is 1. The van der Waals surface area contributed by atoms with Gasteiger partial charge in [0.2, 0.25) is 0 Å². The highest BCUT2D eigenvalue weighted by atomic mass is 16.5. The first-order valence-corrected chi connectivity index (χ1v) is 6.64. The summed E-state index contributed by atoms with van der Waals surface area (Å²) in [7, 11) is 0. The fourth-order valence-electron chi connectivity index (χ4n) is 1.69. The van der Waals surface area contributed by atoms with Crippen LogP contribution in [0.1, 0.15) is 39.0 Å². The molecule has 6 nitrogen and oxygen atoms in total. The molecule has 0 aliphatic heterocycles. The number of nitrogens with one attached hydrogen (secondary N) is 3. The van der Waals surface area contributed by atoms with Crippen molar-refractivity contribution >= 4 is 11.8 Å². The van der Waals surface area contributed by atoms with E-state index in [0.29, 0.717) is 17.8 Å². The maximum absolute atomic E-state index is 11.9. The number of pyridine rings is 1. The Bertz CT molecular complexity index is 529. The van der Waals surface area contributed by atoms with Crippen LogP contribution < -0.4 is 16.2 Å². The molecule has 3 N–H and O–H groups in total. The SMILES string of the molecule is CCNc1cc(C)[nH]c(=O)c1COC(=O)NC(C)(C)C. The molecule has 112 valence electrons. The van der Waals surface area contributed by atoms with E-state index in [4.69, 9.17) is 4.74 Å². The average molecular weight is 281 g/mol. The molecule has 0 aromatic carbocycles. The number of rotatable bonds is 4. The Morgan fingerprint density at radius 2 is 2.05 bits per heavy atom. The van der Waals surface area contributed by atoms with E-state index < -0.39 is 6.09 Å². The minimum Gasteiger partial charge on any atom is -0.444 e. The number of H-pyrrole nitrogens is 1. The highest BCUT2D eigenvalue weighted by molar-refractivity contribution is 5.68. The lowest BCUT2D eigenvalue weighted by atomic mass is 10.1. The van der Waals surface area contributed by atoms with E-state index >= 15 is 0 Å². The maximum Gasteiger partial charge on any atom is 0.407 e. The van der Waals surface area contributed by atoms with Gasteiger partial charge in [0.25, 0.3) is 5.56 Å². The topological polar surface area (TPSA) is 83.2 Å². The molecule has 0 saturated carbocycles. The van der Waals surface area contributed by atoms with Crippen LogP contribution in [-0.4, -0.2) is 23.2 Å². The number of hydrogen-bond donors (Lipinski definition) is 3. The molecule has 0 saturated heterocycles. The molecular weight excluding hydrogens is 258 g/mol. The third-order valence-electron chi connectivity index (χ3n) is 2.46. The molecule has 20 heavy (non-hydrogen) atoms. The Kier molecular flexibility index (Phi) is 5.19. The van der Waals surface area contributed by atoms with Gasteiger partial charge in [-0.25, -0.2) is 4.79 Å². The summed E-state index contributed by atoms with van der Waals surface area (Å²) in [6, 6.07) is 1.82. The van der Waals surface area contributed by atoms with Crippen LogP contribution in [0.15, 0.2) is 10.9 Å². The van der Waals surface area contributed by atoms with Gasteiger partial charge in [-0.3, -0.25) is 4.79 Å². The van der Waals surface area contributed by atoms with Crippen LogP contribution in [0.25, 0.3) is 0 Å². The van der Waals surface area contributed by atoms with Gasteiger partial charge in [0.05, 0.1) is 5.56 Å². The molecule has 0 aliphatic rings. The van der Waals surface area contributed by atoms with Crippen LogP contribution in [0.5, 0.6) is 0 Å². The van der Waals surface area contributed by atoms with Gasteiger partial charge in [-0.1, -0.05) is 0 Å². The predicted octanol–water partition coefficient (Wildman–Crippen LogP) is 2.14. The lowest BCUT2D eigenvalue weighted by molar-refractivity contribution is 0.131. The zero-order chi connectivity index (χ0) is 15.3. The molecule has 1 amide bonds. The van der Waals surface area contributed by atoms with Crippen LogP contribution in [0, 0.1) is 6.92 Å². The zero-order valence-electron chi connectivity index (χ0n) is 12.7. The molecule has 0 bridgehead atoms. The van der Waals surface area contributed by atoms with Crippen LogP contribution in [0.4, 0.5) is 10.5 Å². The molecule has 1 heterocycles. The Hall–Kier alpha value is -1.98. The number of carbonyl (C=O) groups excluding carboxylic acids is 1. The van der Waals surface area contributed by atoms with Crippen molar-refractivity contribution in [2.75, 3.05) is 11.9 Å². The molecule has 6 heteroatoms. The molecule has 1 rings (SSSR count). The minimum atomic E-state index is -0.542. The second-order valence-corrected chi connectivity index (χ2v) is 5.66. The zero-order valence-corrected chi connectivity index (χ0v) is 12.7. The van der Waals surface area contributed by atoms with Gasteiger partial charge in [0.1, 0.15) is 6.61 Å². The highest BCUT2D eigenvalue weighted by Crippen LogP contribution is 2.13. The highest BCUT2D eigenvalue weighted by Gasteiger charge is 2.16. The van der Waals surface area contributed by atoms with Gasteiger partial charge in [-0.05, 0) is 40.7 Å². The Balaban J connectivity index is 2.82. The summed E-state index contributed by atoms with van der Waals surface area (Å²) in [5.74, 6) is 0. The lowest BCUT2D eigenvalue weighted by Crippen LogP contribution is -2.41. The van der Waals surface area contributed by atoms with E-state index in [9.17, 15) is 9.59 Å². The molecule has 0 aliphatic carbocycles. The summed E-state index contributed by atoms with van der Waals surface area (Å²) in [6.45, 7) is 9.93. The first-order valence-electron chi connectivity index (χ1n) is 6.64. The Labute approximate surface area is 118 Å². The van der Waals surface area contributed by atoms with Crippen molar-refractivity contribution < 1.29 is 9.53 Å². The number of anilines is 1. The summed E-state index contributed by atoms with van der Waals surface area (Å²) < 4.78 is 5.10. The van der Waals surface area contributed by atoms with Gasteiger partial charge in [0, 0.05) is 23.5 Å². The second-order valence-electron chi connectivity index (χ2n) is 5.66. The molecule has 0 atom stereocenters. The number of hydrogen-bond acceptors (Lipinski definition) is 4. The summed E-state index contributed by atoms with van der Waals surface area (Å²) in [6.07, 6.45) is -0.542. The fourth-order valence-corrected chi connectivity index (χ4v) is 1.69. The lowest BCUT2D eigenvalue weighted by Gasteiger charge is -2.20. The van der Waals surface area contributed by atoms with E-state index in [1.807, 2.05) is 33.8 Å². The number of alkyl carbamates (subject to hydrolysis) is 1. The van der Waals surface area contributed by atoms with Crippen LogP contribution in [0.2, 0.25) is 0 Å². The molecule has 0 radical (unpaired) electrons. The van der Waals surface area contributed by atoms with Crippen molar-refractivity contribution in [3.05, 3.63) is 27.7 Å². The van der Waals surface area contributed by atoms with E-state index in [1.54, 1.807) is 6.92 Å². The standard InChI is InChI=1S/C14H23N3O3/c1-6-15-11-7-9(2)16-12(18)10(11)8-20-13(19)17-14(3,4)5/h7H,6,8H2,1-5H3,(H,17,19)(H2,15,16,18). The van der Waals surface area contributed by atoms with Crippen molar-refractivity contribution in [1.82, 2.24) is 10.3 Å². The van der Waals surface area contributed by atoms with Gasteiger partial charge in [-0.15, -0.1) is 0 Å². The van der Waals surface area contributed by atoms with Crippen LogP contribution in [-0.2, 0) is 11.3 Å². The first kappa shape index (κ1) is 16.1. The van der Waals surface area contributed by atoms with Crippen molar-refractivity contribution in [1.29, 1.82) is 0 Å². The number of aromatic amines is 1. The fraction of sp³-hybridized carbons (Fsp3) is 0.571. The molecule has 0 unspecified atom stereocenters. The molecular formula is C14H23N3O3. The summed E-state index contributed by atoms with van der Waals surface area (Å²) >= 11 is 0.